The summed E-state index contributed by atoms with van der Waals surface area (Å²) in [5.74, 6) is -1.42. The average Bonchev–Trinajstić information content (AvgIpc) is 2.82. The molecule has 1 unspecified atom stereocenters. The summed E-state index contributed by atoms with van der Waals surface area (Å²) in [4.78, 5) is 23.6. The highest BCUT2D eigenvalue weighted by Gasteiger charge is 2.44. The molecule has 19 heavy (non-hydrogen) atoms. The first kappa shape index (κ1) is 13.5. The highest BCUT2D eigenvalue weighted by atomic mass is 16.5. The minimum absolute atomic E-state index is 0.0128. The minimum Gasteiger partial charge on any atom is -0.479 e. The number of hydrogen-bond acceptors (Lipinski definition) is 3. The first-order valence-corrected chi connectivity index (χ1v) is 6.16. The Hall–Kier alpha value is -1.88. The van der Waals surface area contributed by atoms with Gasteiger partial charge in [0.05, 0.1) is 6.61 Å². The second kappa shape index (κ2) is 5.01. The van der Waals surface area contributed by atoms with E-state index in [1.165, 1.54) is 0 Å². The molecule has 2 rings (SSSR count). The standard InChI is InChI=1S/C14H17NO4/c1-9-4-3-5-11(10(9)2)12(16)15-14(13(17)18)6-7-19-8-14/h3-5H,6-8H2,1-2H3,(H,15,16)(H,17,18). The molecule has 2 N–H and O–H groups in total. The lowest BCUT2D eigenvalue weighted by Crippen LogP contribution is -2.55. The lowest BCUT2D eigenvalue weighted by atomic mass is 9.97. The van der Waals surface area contributed by atoms with Gasteiger partial charge in [-0.2, -0.15) is 0 Å². The van der Waals surface area contributed by atoms with Crippen molar-refractivity contribution in [2.45, 2.75) is 25.8 Å². The zero-order chi connectivity index (χ0) is 14.0. The van der Waals surface area contributed by atoms with E-state index in [1.54, 1.807) is 12.1 Å². The normalized spacial score (nSPS) is 22.2. The third-order valence-electron chi connectivity index (χ3n) is 3.63. The number of hydrogen-bond donors (Lipinski definition) is 2. The Morgan fingerprint density at radius 2 is 2.11 bits per heavy atom. The predicted octanol–water partition coefficient (Wildman–Crippen LogP) is 1.28. The molecule has 0 radical (unpaired) electrons. The summed E-state index contributed by atoms with van der Waals surface area (Å²) in [6, 6.07) is 5.40. The third-order valence-corrected chi connectivity index (χ3v) is 3.63. The second-order valence-electron chi connectivity index (χ2n) is 4.89. The Balaban J connectivity index is 2.25. The largest absolute Gasteiger partial charge is 0.479 e. The van der Waals surface area contributed by atoms with Crippen molar-refractivity contribution in [2.24, 2.45) is 0 Å². The molecule has 1 heterocycles. The number of aliphatic carboxylic acids is 1. The van der Waals surface area contributed by atoms with E-state index >= 15 is 0 Å². The van der Waals surface area contributed by atoms with Crippen molar-refractivity contribution in [1.29, 1.82) is 0 Å². The van der Waals surface area contributed by atoms with E-state index in [0.29, 0.717) is 18.6 Å². The molecule has 0 spiro atoms. The summed E-state index contributed by atoms with van der Waals surface area (Å²) in [6.07, 6.45) is 0.291. The first-order valence-electron chi connectivity index (χ1n) is 6.16. The maximum atomic E-state index is 12.3. The summed E-state index contributed by atoms with van der Waals surface area (Å²) in [5, 5.41) is 11.9. The number of carbonyl (C=O) groups excluding carboxylic acids is 1. The molecule has 1 aromatic rings. The zero-order valence-electron chi connectivity index (χ0n) is 11.0. The molecule has 1 aliphatic heterocycles. The Labute approximate surface area is 111 Å². The fourth-order valence-corrected chi connectivity index (χ4v) is 2.17. The van der Waals surface area contributed by atoms with Crippen molar-refractivity contribution in [1.82, 2.24) is 5.32 Å². The van der Waals surface area contributed by atoms with E-state index in [0.717, 1.165) is 11.1 Å². The van der Waals surface area contributed by atoms with Crippen LogP contribution < -0.4 is 5.32 Å². The van der Waals surface area contributed by atoms with Gasteiger partial charge in [-0.3, -0.25) is 4.79 Å². The van der Waals surface area contributed by atoms with Gasteiger partial charge in [0, 0.05) is 18.6 Å². The number of amides is 1. The van der Waals surface area contributed by atoms with Crippen molar-refractivity contribution in [3.05, 3.63) is 34.9 Å². The fraction of sp³-hybridized carbons (Fsp3) is 0.429. The van der Waals surface area contributed by atoms with E-state index in [2.05, 4.69) is 5.32 Å². The van der Waals surface area contributed by atoms with Gasteiger partial charge in [-0.1, -0.05) is 12.1 Å². The number of aryl methyl sites for hydroxylation is 1. The Morgan fingerprint density at radius 3 is 2.68 bits per heavy atom. The first-order chi connectivity index (χ1) is 8.96. The molecular weight excluding hydrogens is 246 g/mol. The van der Waals surface area contributed by atoms with Gasteiger partial charge < -0.3 is 15.2 Å². The number of carboxylic acid groups (broad SMARTS) is 1. The maximum Gasteiger partial charge on any atom is 0.331 e. The molecule has 1 atom stereocenters. The lowest BCUT2D eigenvalue weighted by Gasteiger charge is -2.24. The van der Waals surface area contributed by atoms with Gasteiger partial charge in [0.15, 0.2) is 5.54 Å². The van der Waals surface area contributed by atoms with Crippen LogP contribution in [0, 0.1) is 13.8 Å². The van der Waals surface area contributed by atoms with Crippen LogP contribution in [0.15, 0.2) is 18.2 Å². The van der Waals surface area contributed by atoms with Gasteiger partial charge in [-0.15, -0.1) is 0 Å². The summed E-state index contributed by atoms with van der Waals surface area (Å²) in [7, 11) is 0. The van der Waals surface area contributed by atoms with Crippen LogP contribution in [0.2, 0.25) is 0 Å². The molecular formula is C14H17NO4. The number of ether oxygens (including phenoxy) is 1. The molecule has 1 amide bonds. The van der Waals surface area contributed by atoms with Crippen molar-refractivity contribution in [3.63, 3.8) is 0 Å². The number of nitrogens with one attached hydrogen (secondary N) is 1. The van der Waals surface area contributed by atoms with E-state index in [1.807, 2.05) is 19.9 Å². The molecule has 1 aliphatic rings. The van der Waals surface area contributed by atoms with Crippen molar-refractivity contribution >= 4 is 11.9 Å². The summed E-state index contributed by atoms with van der Waals surface area (Å²) >= 11 is 0. The highest BCUT2D eigenvalue weighted by Crippen LogP contribution is 2.21. The van der Waals surface area contributed by atoms with Crippen LogP contribution >= 0.6 is 0 Å². The van der Waals surface area contributed by atoms with E-state index < -0.39 is 11.5 Å². The summed E-state index contributed by atoms with van der Waals surface area (Å²) in [6.45, 7) is 4.12. The second-order valence-corrected chi connectivity index (χ2v) is 4.89. The van der Waals surface area contributed by atoms with E-state index in [4.69, 9.17) is 4.74 Å². The van der Waals surface area contributed by atoms with Crippen LogP contribution in [-0.2, 0) is 9.53 Å². The van der Waals surface area contributed by atoms with Crippen molar-refractivity contribution < 1.29 is 19.4 Å². The Kier molecular flexibility index (Phi) is 3.57. The fourth-order valence-electron chi connectivity index (χ4n) is 2.17. The molecule has 1 fully saturated rings. The summed E-state index contributed by atoms with van der Waals surface area (Å²) < 4.78 is 5.12. The van der Waals surface area contributed by atoms with Crippen molar-refractivity contribution in [2.75, 3.05) is 13.2 Å². The quantitative estimate of drug-likeness (QED) is 0.861. The average molecular weight is 263 g/mol. The number of rotatable bonds is 3. The van der Waals surface area contributed by atoms with Crippen LogP contribution in [-0.4, -0.2) is 35.7 Å². The molecule has 0 bridgehead atoms. The van der Waals surface area contributed by atoms with Gasteiger partial charge in [0.1, 0.15) is 0 Å². The predicted molar refractivity (Wildman–Crippen MR) is 69.2 cm³/mol. The number of carboxylic acids is 1. The minimum atomic E-state index is -1.30. The molecule has 1 saturated heterocycles. The Bertz CT molecular complexity index is 518. The van der Waals surface area contributed by atoms with Crippen LogP contribution in [0.3, 0.4) is 0 Å². The SMILES string of the molecule is Cc1cccc(C(=O)NC2(C(=O)O)CCOC2)c1C. The van der Waals surface area contributed by atoms with Crippen LogP contribution in [0.1, 0.15) is 27.9 Å². The van der Waals surface area contributed by atoms with E-state index in [9.17, 15) is 14.7 Å². The Morgan fingerprint density at radius 1 is 1.37 bits per heavy atom. The zero-order valence-corrected chi connectivity index (χ0v) is 11.0. The molecule has 5 heteroatoms. The highest BCUT2D eigenvalue weighted by molar-refractivity contribution is 5.99. The smallest absolute Gasteiger partial charge is 0.331 e. The van der Waals surface area contributed by atoms with Crippen LogP contribution in [0.5, 0.6) is 0 Å². The van der Waals surface area contributed by atoms with Crippen LogP contribution in [0.25, 0.3) is 0 Å². The van der Waals surface area contributed by atoms with Crippen molar-refractivity contribution in [3.8, 4) is 0 Å². The van der Waals surface area contributed by atoms with Gasteiger partial charge >= 0.3 is 5.97 Å². The molecule has 1 aromatic carbocycles. The maximum absolute atomic E-state index is 12.3. The van der Waals surface area contributed by atoms with Gasteiger partial charge in [0.2, 0.25) is 0 Å². The van der Waals surface area contributed by atoms with E-state index in [-0.39, 0.29) is 12.5 Å². The molecule has 0 aliphatic carbocycles. The monoisotopic (exact) mass is 263 g/mol. The lowest BCUT2D eigenvalue weighted by molar-refractivity contribution is -0.144. The number of carbonyl (C=O) groups is 2. The molecule has 102 valence electrons. The topological polar surface area (TPSA) is 75.6 Å². The van der Waals surface area contributed by atoms with Crippen LogP contribution in [0.4, 0.5) is 0 Å². The number of benzene rings is 1. The van der Waals surface area contributed by atoms with Gasteiger partial charge in [-0.05, 0) is 31.0 Å². The third kappa shape index (κ3) is 2.46. The van der Waals surface area contributed by atoms with Gasteiger partial charge in [0.25, 0.3) is 5.91 Å². The summed E-state index contributed by atoms with van der Waals surface area (Å²) in [5.41, 5.74) is 1.07. The van der Waals surface area contributed by atoms with Gasteiger partial charge in [-0.25, -0.2) is 4.79 Å². The molecule has 0 aromatic heterocycles. The molecule has 5 nitrogen and oxygen atoms in total. The molecule has 0 saturated carbocycles.